The van der Waals surface area contributed by atoms with E-state index in [1.807, 2.05) is 0 Å². The number of nitrogens with zero attached hydrogens (tertiary/aromatic N) is 3. The van der Waals surface area contributed by atoms with E-state index in [4.69, 9.17) is 9.47 Å². The van der Waals surface area contributed by atoms with Gasteiger partial charge < -0.3 is 20.1 Å². The Labute approximate surface area is 154 Å². The Kier molecular flexibility index (Phi) is 5.17. The van der Waals surface area contributed by atoms with Gasteiger partial charge in [0, 0.05) is 31.7 Å². The second-order valence-electron chi connectivity index (χ2n) is 6.26. The van der Waals surface area contributed by atoms with Gasteiger partial charge in [0.15, 0.2) is 5.75 Å². The number of nitrogens with one attached hydrogen (secondary N) is 2. The first-order valence-electron chi connectivity index (χ1n) is 8.24. The van der Waals surface area contributed by atoms with Gasteiger partial charge in [-0.15, -0.1) is 0 Å². The van der Waals surface area contributed by atoms with Crippen LogP contribution in [-0.2, 0) is 15.5 Å². The Bertz CT molecular complexity index is 853. The number of hydrogen-bond acceptors (Lipinski definition) is 7. The fraction of sp³-hybridized carbons (Fsp3) is 0.412. The van der Waals surface area contributed by atoms with Gasteiger partial charge in [0.25, 0.3) is 0 Å². The van der Waals surface area contributed by atoms with Gasteiger partial charge in [-0.3, -0.25) is 4.79 Å². The van der Waals surface area contributed by atoms with E-state index >= 15 is 0 Å². The van der Waals surface area contributed by atoms with Crippen LogP contribution in [0, 0.1) is 6.92 Å². The van der Waals surface area contributed by atoms with Crippen molar-refractivity contribution in [1.29, 1.82) is 0 Å². The monoisotopic (exact) mass is 379 g/mol. The fourth-order valence-corrected chi connectivity index (χ4v) is 2.31. The van der Waals surface area contributed by atoms with Crippen molar-refractivity contribution in [2.24, 2.45) is 0 Å². The van der Waals surface area contributed by atoms with Crippen molar-refractivity contribution in [1.82, 2.24) is 15.0 Å². The molecule has 1 fully saturated rings. The van der Waals surface area contributed by atoms with Crippen LogP contribution in [-0.4, -0.2) is 40.2 Å². The Morgan fingerprint density at radius 3 is 2.63 bits per heavy atom. The maximum absolute atomic E-state index is 13.6. The summed E-state index contributed by atoms with van der Waals surface area (Å²) in [7, 11) is 0. The average molecular weight is 379 g/mol. The van der Waals surface area contributed by atoms with Crippen LogP contribution in [0.3, 0.4) is 0 Å². The van der Waals surface area contributed by atoms with Crippen LogP contribution in [0.4, 0.5) is 26.1 Å². The first-order chi connectivity index (χ1) is 12.7. The van der Waals surface area contributed by atoms with Crippen molar-refractivity contribution in [2.45, 2.75) is 32.8 Å². The number of anilines is 3. The molecule has 0 saturated carbocycles. The van der Waals surface area contributed by atoms with Gasteiger partial charge in [0.05, 0.1) is 25.1 Å². The van der Waals surface area contributed by atoms with Gasteiger partial charge in [-0.2, -0.15) is 8.78 Å². The Balaban J connectivity index is 1.93. The molecule has 1 saturated heterocycles. The maximum Gasteiger partial charge on any atom is 0.303 e. The minimum absolute atomic E-state index is 0.123. The highest BCUT2D eigenvalue weighted by Crippen LogP contribution is 2.32. The second kappa shape index (κ2) is 7.39. The smallest absolute Gasteiger partial charge is 0.303 e. The van der Waals surface area contributed by atoms with E-state index < -0.39 is 11.7 Å². The molecule has 27 heavy (non-hydrogen) atoms. The van der Waals surface area contributed by atoms with Gasteiger partial charge >= 0.3 is 5.92 Å². The average Bonchev–Trinajstić information content (AvgIpc) is 2.50. The van der Waals surface area contributed by atoms with Crippen molar-refractivity contribution >= 4 is 23.2 Å². The molecule has 1 aliphatic rings. The third-order valence-electron chi connectivity index (χ3n) is 3.58. The summed E-state index contributed by atoms with van der Waals surface area (Å²) < 4.78 is 38.1. The van der Waals surface area contributed by atoms with E-state index in [1.54, 1.807) is 6.92 Å². The van der Waals surface area contributed by atoms with Crippen molar-refractivity contribution in [2.75, 3.05) is 23.8 Å². The van der Waals surface area contributed by atoms with Gasteiger partial charge in [-0.05, 0) is 6.92 Å². The van der Waals surface area contributed by atoms with Crippen LogP contribution in [0.1, 0.15) is 25.4 Å². The molecule has 1 aliphatic heterocycles. The summed E-state index contributed by atoms with van der Waals surface area (Å²) in [6.07, 6.45) is 1.32. The zero-order valence-corrected chi connectivity index (χ0v) is 15.0. The molecule has 2 aromatic rings. The third-order valence-corrected chi connectivity index (χ3v) is 3.58. The molecule has 10 heteroatoms. The number of pyridine rings is 1. The van der Waals surface area contributed by atoms with E-state index in [-0.39, 0.29) is 23.6 Å². The Morgan fingerprint density at radius 2 is 2.04 bits per heavy atom. The lowest BCUT2D eigenvalue weighted by Gasteiger charge is -2.27. The van der Waals surface area contributed by atoms with Gasteiger partial charge in [0.2, 0.25) is 11.7 Å². The van der Waals surface area contributed by atoms with Crippen molar-refractivity contribution in [3.8, 4) is 5.75 Å². The number of amides is 1. The molecule has 8 nitrogen and oxygen atoms in total. The lowest BCUT2D eigenvalue weighted by Crippen LogP contribution is -2.38. The second-order valence-corrected chi connectivity index (χ2v) is 6.26. The number of rotatable bonds is 6. The fourth-order valence-electron chi connectivity index (χ4n) is 2.31. The number of halogens is 2. The molecular weight excluding hydrogens is 360 g/mol. The summed E-state index contributed by atoms with van der Waals surface area (Å²) in [5.74, 6) is -3.21. The number of alkyl halides is 2. The standard InChI is InChI=1S/C17H19F2N5O3/c1-9-4-15(24-16(21-9)17(3,18)19)23-12-5-14(22-10(2)25)20-6-13(12)27-11-7-26-8-11/h4-6,11H,7-8H2,1-3H3,(H2,20,21,22,23,24,25). The van der Waals surface area contributed by atoms with Crippen molar-refractivity contribution in [3.63, 3.8) is 0 Å². The molecule has 0 unspecified atom stereocenters. The minimum atomic E-state index is -3.18. The Morgan fingerprint density at radius 1 is 1.30 bits per heavy atom. The molecule has 2 N–H and O–H groups in total. The number of hydrogen-bond donors (Lipinski definition) is 2. The molecule has 0 aliphatic carbocycles. The van der Waals surface area contributed by atoms with Crippen LogP contribution >= 0.6 is 0 Å². The molecule has 0 aromatic carbocycles. The largest absolute Gasteiger partial charge is 0.482 e. The summed E-state index contributed by atoms with van der Waals surface area (Å²) in [5, 5.41) is 5.51. The summed E-state index contributed by atoms with van der Waals surface area (Å²) in [6.45, 7) is 4.59. The molecule has 3 heterocycles. The predicted molar refractivity (Wildman–Crippen MR) is 93.4 cm³/mol. The molecule has 0 spiro atoms. The molecular formula is C17H19F2N5O3. The normalized spacial score (nSPS) is 14.4. The van der Waals surface area contributed by atoms with Crippen LogP contribution < -0.4 is 15.4 Å². The first kappa shape index (κ1) is 18.9. The Hall–Kier alpha value is -2.88. The molecule has 0 radical (unpaired) electrons. The number of ether oxygens (including phenoxy) is 2. The third kappa shape index (κ3) is 4.85. The SMILES string of the molecule is CC(=O)Nc1cc(Nc2cc(C)nc(C(C)(F)F)n2)c(OC2COC2)cn1. The maximum atomic E-state index is 13.6. The van der Waals surface area contributed by atoms with E-state index in [1.165, 1.54) is 25.3 Å². The summed E-state index contributed by atoms with van der Waals surface area (Å²) >= 11 is 0. The first-order valence-corrected chi connectivity index (χ1v) is 8.24. The molecule has 3 rings (SSSR count). The van der Waals surface area contributed by atoms with Gasteiger partial charge in [0.1, 0.15) is 17.7 Å². The van der Waals surface area contributed by atoms with E-state index in [2.05, 4.69) is 25.6 Å². The van der Waals surface area contributed by atoms with Crippen LogP contribution in [0.5, 0.6) is 5.75 Å². The van der Waals surface area contributed by atoms with Crippen LogP contribution in [0.2, 0.25) is 0 Å². The van der Waals surface area contributed by atoms with Gasteiger partial charge in [-0.25, -0.2) is 15.0 Å². The highest BCUT2D eigenvalue weighted by atomic mass is 19.3. The minimum Gasteiger partial charge on any atom is -0.482 e. The van der Waals surface area contributed by atoms with Crippen LogP contribution in [0.15, 0.2) is 18.3 Å². The molecule has 144 valence electrons. The number of aromatic nitrogens is 3. The quantitative estimate of drug-likeness (QED) is 0.796. The molecule has 1 amide bonds. The zero-order chi connectivity index (χ0) is 19.6. The predicted octanol–water partition coefficient (Wildman–Crippen LogP) is 2.77. The summed E-state index contributed by atoms with van der Waals surface area (Å²) in [4.78, 5) is 23.1. The lowest BCUT2D eigenvalue weighted by atomic mass is 10.3. The lowest BCUT2D eigenvalue weighted by molar-refractivity contribution is -0.114. The zero-order valence-electron chi connectivity index (χ0n) is 15.0. The molecule has 0 atom stereocenters. The van der Waals surface area contributed by atoms with Gasteiger partial charge in [-0.1, -0.05) is 0 Å². The highest BCUT2D eigenvalue weighted by molar-refractivity contribution is 5.88. The van der Waals surface area contributed by atoms with Crippen molar-refractivity contribution in [3.05, 3.63) is 29.8 Å². The number of carbonyl (C=O) groups is 1. The van der Waals surface area contributed by atoms with Crippen molar-refractivity contribution < 1.29 is 23.0 Å². The number of carbonyl (C=O) groups excluding carboxylic acids is 1. The van der Waals surface area contributed by atoms with E-state index in [0.29, 0.717) is 30.3 Å². The molecule has 0 bridgehead atoms. The topological polar surface area (TPSA) is 98.3 Å². The number of aryl methyl sites for hydroxylation is 1. The molecule has 2 aromatic heterocycles. The summed E-state index contributed by atoms with van der Waals surface area (Å²) in [6, 6.07) is 3.07. The summed E-state index contributed by atoms with van der Waals surface area (Å²) in [5.41, 5.74) is 0.805. The highest BCUT2D eigenvalue weighted by Gasteiger charge is 2.29. The van der Waals surface area contributed by atoms with E-state index in [0.717, 1.165) is 6.92 Å². The van der Waals surface area contributed by atoms with Crippen LogP contribution in [0.25, 0.3) is 0 Å². The van der Waals surface area contributed by atoms with E-state index in [9.17, 15) is 13.6 Å².